The summed E-state index contributed by atoms with van der Waals surface area (Å²) in [7, 11) is 0. The van der Waals surface area contributed by atoms with Crippen LogP contribution in [-0.4, -0.2) is 6.54 Å². The van der Waals surface area contributed by atoms with Gasteiger partial charge in [0.1, 0.15) is 0 Å². The first-order chi connectivity index (χ1) is 9.69. The van der Waals surface area contributed by atoms with Gasteiger partial charge in [-0.1, -0.05) is 76.1 Å². The first kappa shape index (κ1) is 17.5. The highest BCUT2D eigenvalue weighted by Gasteiger charge is 2.10. The summed E-state index contributed by atoms with van der Waals surface area (Å²) in [6.45, 7) is 7.54. The van der Waals surface area contributed by atoms with Crippen LogP contribution in [0.1, 0.15) is 76.0 Å². The minimum Gasteiger partial charge on any atom is -0.310 e. The molecule has 0 amide bonds. The van der Waals surface area contributed by atoms with Gasteiger partial charge >= 0.3 is 0 Å². The second kappa shape index (κ2) is 10.2. The summed E-state index contributed by atoms with van der Waals surface area (Å²) in [4.78, 5) is 0. The molecular formula is C18H30ClN. The maximum Gasteiger partial charge on any atom is 0.0435 e. The van der Waals surface area contributed by atoms with E-state index in [1.54, 1.807) is 0 Å². The normalized spacial score (nSPS) is 12.6. The van der Waals surface area contributed by atoms with E-state index >= 15 is 0 Å². The monoisotopic (exact) mass is 295 g/mol. The van der Waals surface area contributed by atoms with E-state index < -0.39 is 0 Å². The lowest BCUT2D eigenvalue weighted by Crippen LogP contribution is -2.21. The molecule has 1 atom stereocenters. The number of unbranched alkanes of at least 4 members (excludes halogenated alkanes) is 5. The molecule has 0 aliphatic carbocycles. The summed E-state index contributed by atoms with van der Waals surface area (Å²) in [6.07, 6.45) is 9.37. The molecule has 0 aromatic heterocycles. The lowest BCUT2D eigenvalue weighted by atomic mass is 9.98. The van der Waals surface area contributed by atoms with Crippen molar-refractivity contribution in [1.29, 1.82) is 0 Å². The predicted molar refractivity (Wildman–Crippen MR) is 90.6 cm³/mol. The van der Waals surface area contributed by atoms with Crippen LogP contribution in [-0.2, 0) is 0 Å². The average molecular weight is 296 g/mol. The fourth-order valence-corrected chi connectivity index (χ4v) is 2.76. The molecule has 20 heavy (non-hydrogen) atoms. The van der Waals surface area contributed by atoms with Crippen LogP contribution in [0, 0.1) is 6.92 Å². The Balaban J connectivity index is 2.45. The molecule has 0 radical (unpaired) electrons. The van der Waals surface area contributed by atoms with E-state index in [1.165, 1.54) is 56.1 Å². The lowest BCUT2D eigenvalue weighted by molar-refractivity contribution is 0.477. The number of aryl methyl sites for hydroxylation is 1. The van der Waals surface area contributed by atoms with Gasteiger partial charge in [-0.2, -0.15) is 0 Å². The Morgan fingerprint density at radius 2 is 1.75 bits per heavy atom. The Morgan fingerprint density at radius 3 is 2.40 bits per heavy atom. The Hall–Kier alpha value is -0.530. The van der Waals surface area contributed by atoms with Gasteiger partial charge in [-0.05, 0) is 37.1 Å². The van der Waals surface area contributed by atoms with E-state index in [9.17, 15) is 0 Å². The van der Waals surface area contributed by atoms with Crippen molar-refractivity contribution in [3.63, 3.8) is 0 Å². The van der Waals surface area contributed by atoms with Gasteiger partial charge in [-0.25, -0.2) is 0 Å². The minimum atomic E-state index is 0.474. The van der Waals surface area contributed by atoms with Crippen molar-refractivity contribution in [2.24, 2.45) is 0 Å². The molecule has 0 heterocycles. The molecule has 0 aliphatic heterocycles. The van der Waals surface area contributed by atoms with Crippen LogP contribution in [0.2, 0.25) is 5.02 Å². The molecule has 1 aromatic rings. The van der Waals surface area contributed by atoms with E-state index in [0.717, 1.165) is 11.6 Å². The maximum absolute atomic E-state index is 6.12. The average Bonchev–Trinajstić information content (AvgIpc) is 2.44. The largest absolute Gasteiger partial charge is 0.310 e. The first-order valence-electron chi connectivity index (χ1n) is 8.18. The highest BCUT2D eigenvalue weighted by molar-refractivity contribution is 6.31. The molecule has 2 heteroatoms. The molecule has 1 unspecified atom stereocenters. The van der Waals surface area contributed by atoms with Gasteiger partial charge in [0.25, 0.3) is 0 Å². The Kier molecular flexibility index (Phi) is 8.97. The van der Waals surface area contributed by atoms with Crippen LogP contribution < -0.4 is 5.32 Å². The van der Waals surface area contributed by atoms with E-state index in [4.69, 9.17) is 11.6 Å². The van der Waals surface area contributed by atoms with Gasteiger partial charge in [-0.3, -0.25) is 0 Å². The van der Waals surface area contributed by atoms with Crippen LogP contribution in [0.3, 0.4) is 0 Å². The summed E-state index contributed by atoms with van der Waals surface area (Å²) in [5.41, 5.74) is 2.55. The van der Waals surface area contributed by atoms with Crippen LogP contribution in [0.25, 0.3) is 0 Å². The molecular weight excluding hydrogens is 266 g/mol. The number of hydrogen-bond donors (Lipinski definition) is 1. The highest BCUT2D eigenvalue weighted by atomic mass is 35.5. The number of rotatable bonds is 10. The Labute approximate surface area is 130 Å². The minimum absolute atomic E-state index is 0.474. The molecule has 0 bridgehead atoms. The van der Waals surface area contributed by atoms with Gasteiger partial charge in [0.05, 0.1) is 0 Å². The molecule has 0 aliphatic rings. The fourth-order valence-electron chi connectivity index (χ4n) is 2.65. The zero-order valence-corrected chi connectivity index (χ0v) is 14.1. The summed E-state index contributed by atoms with van der Waals surface area (Å²) in [6, 6.07) is 6.90. The Bertz CT molecular complexity index is 376. The van der Waals surface area contributed by atoms with Gasteiger partial charge < -0.3 is 5.32 Å². The van der Waals surface area contributed by atoms with Crippen molar-refractivity contribution < 1.29 is 0 Å². The van der Waals surface area contributed by atoms with Gasteiger partial charge in [0.15, 0.2) is 0 Å². The van der Waals surface area contributed by atoms with Crippen molar-refractivity contribution in [3.05, 3.63) is 34.3 Å². The molecule has 0 saturated carbocycles. The van der Waals surface area contributed by atoms with Crippen molar-refractivity contribution in [3.8, 4) is 0 Å². The number of nitrogens with one attached hydrogen (secondary N) is 1. The zero-order valence-electron chi connectivity index (χ0n) is 13.3. The fraction of sp³-hybridized carbons (Fsp3) is 0.667. The second-order valence-corrected chi connectivity index (χ2v) is 6.08. The van der Waals surface area contributed by atoms with Gasteiger partial charge in [0, 0.05) is 11.1 Å². The summed E-state index contributed by atoms with van der Waals surface area (Å²) >= 11 is 6.12. The summed E-state index contributed by atoms with van der Waals surface area (Å²) < 4.78 is 0. The molecule has 114 valence electrons. The topological polar surface area (TPSA) is 12.0 Å². The zero-order chi connectivity index (χ0) is 14.8. The molecule has 1 nitrogen and oxygen atoms in total. The van der Waals surface area contributed by atoms with E-state index in [-0.39, 0.29) is 0 Å². The number of hydrogen-bond acceptors (Lipinski definition) is 1. The summed E-state index contributed by atoms with van der Waals surface area (Å²) in [5, 5.41) is 4.47. The predicted octanol–water partition coefficient (Wildman–Crippen LogP) is 6.05. The van der Waals surface area contributed by atoms with E-state index in [1.807, 2.05) is 6.07 Å². The van der Waals surface area contributed by atoms with Crippen molar-refractivity contribution in [2.45, 2.75) is 71.8 Å². The van der Waals surface area contributed by atoms with Crippen LogP contribution in [0.4, 0.5) is 0 Å². The molecule has 1 rings (SSSR count). The highest BCUT2D eigenvalue weighted by Crippen LogP contribution is 2.24. The SMILES string of the molecule is CCCCCCCCC(NCC)c1ccc(Cl)c(C)c1. The molecule has 0 saturated heterocycles. The number of halogens is 1. The van der Waals surface area contributed by atoms with Crippen LogP contribution in [0.15, 0.2) is 18.2 Å². The number of benzene rings is 1. The van der Waals surface area contributed by atoms with Crippen LogP contribution in [0.5, 0.6) is 0 Å². The van der Waals surface area contributed by atoms with Crippen molar-refractivity contribution in [1.82, 2.24) is 5.32 Å². The second-order valence-electron chi connectivity index (χ2n) is 5.68. The molecule has 0 fully saturated rings. The quantitative estimate of drug-likeness (QED) is 0.518. The molecule has 1 aromatic carbocycles. The van der Waals surface area contributed by atoms with E-state index in [2.05, 4.69) is 38.2 Å². The smallest absolute Gasteiger partial charge is 0.0435 e. The lowest BCUT2D eigenvalue weighted by Gasteiger charge is -2.19. The van der Waals surface area contributed by atoms with Crippen molar-refractivity contribution in [2.75, 3.05) is 6.54 Å². The third-order valence-corrected chi connectivity index (χ3v) is 4.31. The molecule has 1 N–H and O–H groups in total. The maximum atomic E-state index is 6.12. The van der Waals surface area contributed by atoms with Gasteiger partial charge in [-0.15, -0.1) is 0 Å². The van der Waals surface area contributed by atoms with Gasteiger partial charge in [0.2, 0.25) is 0 Å². The first-order valence-corrected chi connectivity index (χ1v) is 8.56. The standard InChI is InChI=1S/C18H30ClN/c1-4-6-7-8-9-10-11-18(20-5-2)16-12-13-17(19)15(3)14-16/h12-14,18,20H,4-11H2,1-3H3. The van der Waals surface area contributed by atoms with Crippen molar-refractivity contribution >= 4 is 11.6 Å². The van der Waals surface area contributed by atoms with E-state index in [0.29, 0.717) is 6.04 Å². The molecule has 0 spiro atoms. The third kappa shape index (κ3) is 6.28. The summed E-state index contributed by atoms with van der Waals surface area (Å²) in [5.74, 6) is 0. The Morgan fingerprint density at radius 1 is 1.05 bits per heavy atom. The van der Waals surface area contributed by atoms with Crippen LogP contribution >= 0.6 is 11.6 Å². The third-order valence-electron chi connectivity index (χ3n) is 3.88.